The van der Waals surface area contributed by atoms with E-state index < -0.39 is 11.8 Å². The highest BCUT2D eigenvalue weighted by molar-refractivity contribution is 4.84. The lowest BCUT2D eigenvalue weighted by molar-refractivity contribution is -0.0244. The van der Waals surface area contributed by atoms with Crippen molar-refractivity contribution in [1.82, 2.24) is 0 Å². The Hall–Kier alpha value is -0.150. The van der Waals surface area contributed by atoms with E-state index in [4.69, 9.17) is 9.84 Å². The minimum Gasteiger partial charge on any atom is -0.393 e. The number of ether oxygens (including phenoxy) is 1. The highest BCUT2D eigenvalue weighted by Gasteiger charge is 2.35. The van der Waals surface area contributed by atoms with E-state index in [1.807, 2.05) is 0 Å². The van der Waals surface area contributed by atoms with Crippen molar-refractivity contribution in [3.63, 3.8) is 0 Å². The van der Waals surface area contributed by atoms with Gasteiger partial charge in [-0.2, -0.15) is 0 Å². The van der Waals surface area contributed by atoms with Gasteiger partial charge < -0.3 is 9.84 Å². The van der Waals surface area contributed by atoms with Gasteiger partial charge in [0.2, 0.25) is 0 Å². The Morgan fingerprint density at radius 1 is 1.89 bits per heavy atom. The molecule has 0 aromatic rings. The van der Waals surface area contributed by atoms with Crippen LogP contribution in [0.1, 0.15) is 13.3 Å². The van der Waals surface area contributed by atoms with Crippen molar-refractivity contribution in [3.05, 3.63) is 0 Å². The summed E-state index contributed by atoms with van der Waals surface area (Å²) in [5.74, 6) is 0. The third kappa shape index (κ3) is 1.40. The van der Waals surface area contributed by atoms with Crippen LogP contribution in [0, 0.1) is 0 Å². The standard InChI is InChI=1S/C6H11FO2/c1-6(4-8)2-5(7)3-9-6/h5,8H,2-4H2,1H3. The number of hydrogen-bond donors (Lipinski definition) is 1. The van der Waals surface area contributed by atoms with Crippen molar-refractivity contribution in [2.45, 2.75) is 25.1 Å². The molecular weight excluding hydrogens is 123 g/mol. The predicted molar refractivity (Wildman–Crippen MR) is 31.0 cm³/mol. The van der Waals surface area contributed by atoms with Gasteiger partial charge in [0, 0.05) is 6.42 Å². The first-order valence-corrected chi connectivity index (χ1v) is 3.05. The highest BCUT2D eigenvalue weighted by atomic mass is 19.1. The molecule has 0 saturated carbocycles. The van der Waals surface area contributed by atoms with Crippen LogP contribution in [0.3, 0.4) is 0 Å². The summed E-state index contributed by atoms with van der Waals surface area (Å²) in [6.45, 7) is 1.76. The Bertz CT molecular complexity index is 107. The average Bonchev–Trinajstić information content (AvgIpc) is 2.13. The number of halogens is 1. The second-order valence-corrected chi connectivity index (χ2v) is 2.72. The van der Waals surface area contributed by atoms with Gasteiger partial charge in [0.15, 0.2) is 0 Å². The van der Waals surface area contributed by atoms with Crippen LogP contribution in [0.2, 0.25) is 0 Å². The van der Waals surface area contributed by atoms with Crippen LogP contribution in [-0.4, -0.2) is 30.1 Å². The van der Waals surface area contributed by atoms with Gasteiger partial charge in [0.1, 0.15) is 6.17 Å². The second-order valence-electron chi connectivity index (χ2n) is 2.72. The molecule has 1 rings (SSSR count). The molecule has 3 heteroatoms. The number of aliphatic hydroxyl groups excluding tert-OH is 1. The first-order chi connectivity index (χ1) is 4.16. The lowest BCUT2D eigenvalue weighted by Crippen LogP contribution is -2.27. The second kappa shape index (κ2) is 2.23. The van der Waals surface area contributed by atoms with Gasteiger partial charge in [-0.15, -0.1) is 0 Å². The van der Waals surface area contributed by atoms with Crippen LogP contribution in [0.5, 0.6) is 0 Å². The monoisotopic (exact) mass is 134 g/mol. The molecule has 0 amide bonds. The molecule has 9 heavy (non-hydrogen) atoms. The third-order valence-electron chi connectivity index (χ3n) is 1.60. The Balaban J connectivity index is 2.45. The predicted octanol–water partition coefficient (Wildman–Crippen LogP) is 0.496. The fraction of sp³-hybridized carbons (Fsp3) is 1.00. The first-order valence-electron chi connectivity index (χ1n) is 3.05. The van der Waals surface area contributed by atoms with E-state index in [1.165, 1.54) is 0 Å². The zero-order valence-electron chi connectivity index (χ0n) is 5.43. The van der Waals surface area contributed by atoms with Gasteiger partial charge >= 0.3 is 0 Å². The van der Waals surface area contributed by atoms with Crippen LogP contribution in [0.15, 0.2) is 0 Å². The van der Waals surface area contributed by atoms with E-state index in [0.717, 1.165) is 0 Å². The minimum absolute atomic E-state index is 0.0899. The van der Waals surface area contributed by atoms with E-state index in [-0.39, 0.29) is 13.2 Å². The van der Waals surface area contributed by atoms with Crippen molar-refractivity contribution in [3.8, 4) is 0 Å². The molecule has 1 N–H and O–H groups in total. The zero-order chi connectivity index (χ0) is 6.91. The summed E-state index contributed by atoms with van der Waals surface area (Å²) < 4.78 is 17.3. The largest absolute Gasteiger partial charge is 0.393 e. The maximum Gasteiger partial charge on any atom is 0.126 e. The Morgan fingerprint density at radius 3 is 2.78 bits per heavy atom. The summed E-state index contributed by atoms with van der Waals surface area (Å²) in [6.07, 6.45) is -0.564. The fourth-order valence-electron chi connectivity index (χ4n) is 0.988. The summed E-state index contributed by atoms with van der Waals surface area (Å²) in [4.78, 5) is 0. The van der Waals surface area contributed by atoms with Gasteiger partial charge in [-0.3, -0.25) is 0 Å². The highest BCUT2D eigenvalue weighted by Crippen LogP contribution is 2.26. The lowest BCUT2D eigenvalue weighted by Gasteiger charge is -2.18. The summed E-state index contributed by atoms with van der Waals surface area (Å²) in [5, 5.41) is 8.65. The molecule has 2 unspecified atom stereocenters. The fourth-order valence-corrected chi connectivity index (χ4v) is 0.988. The normalized spacial score (nSPS) is 43.7. The van der Waals surface area contributed by atoms with Crippen molar-refractivity contribution in [2.24, 2.45) is 0 Å². The van der Waals surface area contributed by atoms with Gasteiger partial charge in [-0.1, -0.05) is 0 Å². The van der Waals surface area contributed by atoms with E-state index in [2.05, 4.69) is 0 Å². The summed E-state index contributed by atoms with van der Waals surface area (Å²) >= 11 is 0. The summed E-state index contributed by atoms with van der Waals surface area (Å²) in [6, 6.07) is 0. The Labute approximate surface area is 53.6 Å². The maximum absolute atomic E-state index is 12.4. The van der Waals surface area contributed by atoms with Crippen molar-refractivity contribution >= 4 is 0 Å². The third-order valence-corrected chi connectivity index (χ3v) is 1.60. The van der Waals surface area contributed by atoms with E-state index in [1.54, 1.807) is 6.92 Å². The molecule has 1 fully saturated rings. The molecule has 1 aliphatic heterocycles. The van der Waals surface area contributed by atoms with E-state index in [0.29, 0.717) is 6.42 Å². The molecule has 0 bridgehead atoms. The van der Waals surface area contributed by atoms with Crippen molar-refractivity contribution in [1.29, 1.82) is 0 Å². The molecule has 0 aromatic heterocycles. The van der Waals surface area contributed by atoms with Crippen molar-refractivity contribution < 1.29 is 14.2 Å². The van der Waals surface area contributed by atoms with Crippen LogP contribution in [-0.2, 0) is 4.74 Å². The first kappa shape index (κ1) is 6.96. The molecule has 1 saturated heterocycles. The SMILES string of the molecule is CC1(CO)CC(F)CO1. The van der Waals surface area contributed by atoms with Crippen LogP contribution in [0.25, 0.3) is 0 Å². The molecule has 0 aliphatic carbocycles. The molecule has 0 aromatic carbocycles. The molecule has 0 radical (unpaired) electrons. The van der Waals surface area contributed by atoms with Gasteiger partial charge in [0.05, 0.1) is 18.8 Å². The quantitative estimate of drug-likeness (QED) is 0.565. The summed E-state index contributed by atoms with van der Waals surface area (Å²) in [5.41, 5.74) is -0.612. The topological polar surface area (TPSA) is 29.5 Å². The smallest absolute Gasteiger partial charge is 0.126 e. The number of aliphatic hydroxyl groups is 1. The summed E-state index contributed by atoms with van der Waals surface area (Å²) in [7, 11) is 0. The molecule has 2 nitrogen and oxygen atoms in total. The van der Waals surface area contributed by atoms with Crippen molar-refractivity contribution in [2.75, 3.05) is 13.2 Å². The van der Waals surface area contributed by atoms with Crippen LogP contribution < -0.4 is 0 Å². The molecule has 54 valence electrons. The number of hydrogen-bond acceptors (Lipinski definition) is 2. The molecule has 1 aliphatic rings. The van der Waals surface area contributed by atoms with Gasteiger partial charge in [-0.05, 0) is 6.92 Å². The Kier molecular flexibility index (Phi) is 1.73. The zero-order valence-corrected chi connectivity index (χ0v) is 5.43. The van der Waals surface area contributed by atoms with Gasteiger partial charge in [0.25, 0.3) is 0 Å². The molecule has 1 heterocycles. The molecule has 0 spiro atoms. The van der Waals surface area contributed by atoms with Gasteiger partial charge in [-0.25, -0.2) is 4.39 Å². The number of rotatable bonds is 1. The number of alkyl halides is 1. The van der Waals surface area contributed by atoms with E-state index >= 15 is 0 Å². The maximum atomic E-state index is 12.4. The molecule has 2 atom stereocenters. The van der Waals surface area contributed by atoms with Crippen LogP contribution >= 0.6 is 0 Å². The molecular formula is C6H11FO2. The average molecular weight is 134 g/mol. The Morgan fingerprint density at radius 2 is 2.56 bits per heavy atom. The van der Waals surface area contributed by atoms with Crippen LogP contribution in [0.4, 0.5) is 4.39 Å². The lowest BCUT2D eigenvalue weighted by atomic mass is 10.0. The van der Waals surface area contributed by atoms with E-state index in [9.17, 15) is 4.39 Å². The minimum atomic E-state index is -0.887.